The Bertz CT molecular complexity index is 258. The van der Waals surface area contributed by atoms with E-state index in [1.807, 2.05) is 0 Å². The average molecular weight is 251 g/mol. The predicted octanol–water partition coefficient (Wildman–Crippen LogP) is -3.48. The molecule has 0 bridgehead atoms. The predicted molar refractivity (Wildman–Crippen MR) is 54.7 cm³/mol. The minimum Gasteiger partial charge on any atom is -0.461 e. The second kappa shape index (κ2) is 7.30. The van der Waals surface area contributed by atoms with Gasteiger partial charge in [-0.25, -0.2) is 4.79 Å². The van der Waals surface area contributed by atoms with Crippen molar-refractivity contribution in [2.75, 3.05) is 6.61 Å². The fourth-order valence-corrected chi connectivity index (χ4v) is 0.922. The van der Waals surface area contributed by atoms with Gasteiger partial charge in [-0.1, -0.05) is 0 Å². The highest BCUT2D eigenvalue weighted by atomic mass is 16.6. The molecular formula is C9H17NO7. The molecule has 0 aromatic rings. The zero-order chi connectivity index (χ0) is 13.6. The van der Waals surface area contributed by atoms with E-state index in [9.17, 15) is 24.9 Å². The molecule has 0 radical (unpaired) electrons. The molecule has 8 nitrogen and oxygen atoms in total. The summed E-state index contributed by atoms with van der Waals surface area (Å²) in [4.78, 5) is 21.1. The maximum absolute atomic E-state index is 10.8. The third-order valence-corrected chi connectivity index (χ3v) is 2.03. The lowest BCUT2D eigenvalue weighted by Crippen LogP contribution is -2.50. The molecule has 0 spiro atoms. The fraction of sp³-hybridized carbons (Fsp3) is 0.778. The number of rotatable bonds is 7. The Morgan fingerprint density at radius 2 is 1.82 bits per heavy atom. The van der Waals surface area contributed by atoms with Crippen molar-refractivity contribution in [3.05, 3.63) is 0 Å². The number of hydrogen-bond donors (Lipinski definition) is 5. The number of ether oxygens (including phenoxy) is 1. The molecule has 1 unspecified atom stereocenters. The number of aliphatic hydroxyl groups excluding tert-OH is 4. The molecule has 17 heavy (non-hydrogen) atoms. The monoisotopic (exact) mass is 251 g/mol. The second-order valence-corrected chi connectivity index (χ2v) is 3.57. The van der Waals surface area contributed by atoms with E-state index in [0.717, 1.165) is 0 Å². The van der Waals surface area contributed by atoms with E-state index in [2.05, 4.69) is 4.74 Å². The summed E-state index contributed by atoms with van der Waals surface area (Å²) >= 11 is 0. The van der Waals surface area contributed by atoms with Crippen molar-refractivity contribution in [1.29, 1.82) is 0 Å². The minimum absolute atomic E-state index is 0.211. The number of aliphatic hydroxyl groups is 4. The quantitative estimate of drug-likeness (QED) is 0.231. The van der Waals surface area contributed by atoms with Gasteiger partial charge in [0.15, 0.2) is 0 Å². The lowest BCUT2D eigenvalue weighted by molar-refractivity contribution is -0.160. The fourth-order valence-electron chi connectivity index (χ4n) is 0.922. The number of nitrogens with two attached hydrogens (primary N) is 1. The van der Waals surface area contributed by atoms with Crippen molar-refractivity contribution >= 4 is 12.3 Å². The number of carbonyl (C=O) groups is 2. The van der Waals surface area contributed by atoms with Gasteiger partial charge in [0.05, 0.1) is 6.04 Å². The van der Waals surface area contributed by atoms with Gasteiger partial charge in [-0.05, 0) is 6.92 Å². The molecular weight excluding hydrogens is 234 g/mol. The van der Waals surface area contributed by atoms with Gasteiger partial charge in [-0.3, -0.25) is 0 Å². The summed E-state index contributed by atoms with van der Waals surface area (Å²) in [6, 6.07) is -1.35. The van der Waals surface area contributed by atoms with Crippen LogP contribution in [0.15, 0.2) is 0 Å². The SMILES string of the molecule is CC(O)C(=O)OC[C@@H](O)[C@@H](O)[C@H](O)[C@@H](N)C=O. The Morgan fingerprint density at radius 1 is 1.29 bits per heavy atom. The van der Waals surface area contributed by atoms with Gasteiger partial charge in [0.1, 0.15) is 37.3 Å². The Hall–Kier alpha value is -1.06. The first kappa shape index (κ1) is 15.9. The van der Waals surface area contributed by atoms with Crippen LogP contribution in [-0.2, 0) is 14.3 Å². The maximum Gasteiger partial charge on any atom is 0.334 e. The summed E-state index contributed by atoms with van der Waals surface area (Å²) in [7, 11) is 0. The van der Waals surface area contributed by atoms with Crippen LogP contribution in [0.5, 0.6) is 0 Å². The van der Waals surface area contributed by atoms with Crippen molar-refractivity contribution < 1.29 is 34.8 Å². The number of aldehydes is 1. The van der Waals surface area contributed by atoms with E-state index >= 15 is 0 Å². The van der Waals surface area contributed by atoms with Crippen LogP contribution < -0.4 is 5.73 Å². The van der Waals surface area contributed by atoms with Crippen molar-refractivity contribution in [3.63, 3.8) is 0 Å². The molecule has 0 saturated carbocycles. The third kappa shape index (κ3) is 5.20. The van der Waals surface area contributed by atoms with Crippen molar-refractivity contribution in [1.82, 2.24) is 0 Å². The van der Waals surface area contributed by atoms with Crippen LogP contribution in [-0.4, -0.2) is 69.7 Å². The molecule has 5 atom stereocenters. The summed E-state index contributed by atoms with van der Waals surface area (Å²) in [6.07, 6.45) is -6.17. The van der Waals surface area contributed by atoms with Crippen LogP contribution in [0.4, 0.5) is 0 Å². The Morgan fingerprint density at radius 3 is 2.24 bits per heavy atom. The lowest BCUT2D eigenvalue weighted by Gasteiger charge is -2.24. The van der Waals surface area contributed by atoms with Gasteiger partial charge in [0.25, 0.3) is 0 Å². The summed E-state index contributed by atoms with van der Waals surface area (Å²) in [5, 5.41) is 36.7. The summed E-state index contributed by atoms with van der Waals surface area (Å²) in [5.74, 6) is -0.981. The Balaban J connectivity index is 4.18. The van der Waals surface area contributed by atoms with Crippen LogP contribution in [0.25, 0.3) is 0 Å². The third-order valence-electron chi connectivity index (χ3n) is 2.03. The first-order chi connectivity index (χ1) is 7.81. The average Bonchev–Trinajstić information content (AvgIpc) is 2.32. The normalized spacial score (nSPS) is 19.9. The molecule has 100 valence electrons. The molecule has 0 aromatic carbocycles. The lowest BCUT2D eigenvalue weighted by atomic mass is 10.0. The second-order valence-electron chi connectivity index (χ2n) is 3.57. The first-order valence-electron chi connectivity index (χ1n) is 4.91. The zero-order valence-corrected chi connectivity index (χ0v) is 9.26. The van der Waals surface area contributed by atoms with E-state index < -0.39 is 43.0 Å². The van der Waals surface area contributed by atoms with Crippen LogP contribution >= 0.6 is 0 Å². The van der Waals surface area contributed by atoms with E-state index in [1.54, 1.807) is 0 Å². The topological polar surface area (TPSA) is 150 Å². The highest BCUT2D eigenvalue weighted by molar-refractivity contribution is 5.73. The smallest absolute Gasteiger partial charge is 0.334 e. The van der Waals surface area contributed by atoms with Gasteiger partial charge in [-0.15, -0.1) is 0 Å². The van der Waals surface area contributed by atoms with E-state index in [4.69, 9.17) is 10.8 Å². The van der Waals surface area contributed by atoms with Crippen LogP contribution in [0, 0.1) is 0 Å². The van der Waals surface area contributed by atoms with Crippen LogP contribution in [0.3, 0.4) is 0 Å². The zero-order valence-electron chi connectivity index (χ0n) is 9.26. The molecule has 0 aliphatic rings. The standard InChI is InChI=1S/C9H17NO7/c1-4(12)9(16)17-3-6(13)8(15)7(14)5(10)2-11/h2,4-8,12-15H,3,10H2,1H3/t4?,5-,6+,7+,8+/m0/s1. The highest BCUT2D eigenvalue weighted by Gasteiger charge is 2.30. The summed E-state index contributed by atoms with van der Waals surface area (Å²) in [6.45, 7) is 0.538. The highest BCUT2D eigenvalue weighted by Crippen LogP contribution is 2.04. The molecule has 0 saturated heterocycles. The molecule has 0 rings (SSSR count). The molecule has 0 aliphatic heterocycles. The van der Waals surface area contributed by atoms with E-state index in [0.29, 0.717) is 0 Å². The number of esters is 1. The molecule has 0 fully saturated rings. The molecule has 0 heterocycles. The van der Waals surface area contributed by atoms with Crippen LogP contribution in [0.2, 0.25) is 0 Å². The molecule has 0 amide bonds. The summed E-state index contributed by atoms with van der Waals surface area (Å²) in [5.41, 5.74) is 5.12. The van der Waals surface area contributed by atoms with E-state index in [1.165, 1.54) is 6.92 Å². The van der Waals surface area contributed by atoms with Crippen molar-refractivity contribution in [2.24, 2.45) is 5.73 Å². The Labute approximate surface area is 97.6 Å². The van der Waals surface area contributed by atoms with Crippen LogP contribution in [0.1, 0.15) is 6.92 Å². The summed E-state index contributed by atoms with van der Waals surface area (Å²) < 4.78 is 4.41. The van der Waals surface area contributed by atoms with Crippen molar-refractivity contribution in [2.45, 2.75) is 37.4 Å². The maximum atomic E-state index is 10.8. The minimum atomic E-state index is -1.74. The molecule has 6 N–H and O–H groups in total. The molecule has 0 aromatic heterocycles. The molecule has 8 heteroatoms. The Kier molecular flexibility index (Phi) is 6.85. The van der Waals surface area contributed by atoms with Crippen molar-refractivity contribution in [3.8, 4) is 0 Å². The largest absolute Gasteiger partial charge is 0.461 e. The van der Waals surface area contributed by atoms with E-state index in [-0.39, 0.29) is 6.29 Å². The number of hydrogen-bond acceptors (Lipinski definition) is 8. The number of carbonyl (C=O) groups excluding carboxylic acids is 2. The van der Waals surface area contributed by atoms with Gasteiger partial charge in [0.2, 0.25) is 0 Å². The van der Waals surface area contributed by atoms with Gasteiger partial charge in [-0.2, -0.15) is 0 Å². The van der Waals surface area contributed by atoms with Gasteiger partial charge < -0.3 is 35.7 Å². The van der Waals surface area contributed by atoms with Gasteiger partial charge >= 0.3 is 5.97 Å². The first-order valence-corrected chi connectivity index (χ1v) is 4.91. The van der Waals surface area contributed by atoms with Gasteiger partial charge in [0, 0.05) is 0 Å². The molecule has 0 aliphatic carbocycles.